The quantitative estimate of drug-likeness (QED) is 0.691. The number of nitrogens with one attached hydrogen (secondary N) is 1. The van der Waals surface area contributed by atoms with Crippen molar-refractivity contribution in [1.29, 1.82) is 0 Å². The number of nitrogens with two attached hydrogens (primary N) is 2. The van der Waals surface area contributed by atoms with Gasteiger partial charge in [-0.3, -0.25) is 0 Å². The highest BCUT2D eigenvalue weighted by Crippen LogP contribution is 2.20. The topological polar surface area (TPSA) is 142 Å². The zero-order valence-corrected chi connectivity index (χ0v) is 12.2. The van der Waals surface area contributed by atoms with Crippen LogP contribution in [0.4, 0.5) is 9.59 Å². The van der Waals surface area contributed by atoms with Crippen molar-refractivity contribution in [2.75, 3.05) is 12.3 Å². The van der Waals surface area contributed by atoms with Crippen molar-refractivity contribution < 1.29 is 22.7 Å². The molecule has 21 heavy (non-hydrogen) atoms. The van der Waals surface area contributed by atoms with Gasteiger partial charge in [0.1, 0.15) is 6.10 Å². The normalized spacial score (nSPS) is 12.4. The average Bonchev–Trinajstić information content (AvgIpc) is 2.43. The molecule has 5 N–H and O–H groups in total. The summed E-state index contributed by atoms with van der Waals surface area (Å²) in [5, 5.41) is 2.29. The second-order valence-corrected chi connectivity index (χ2v) is 6.42. The molecule has 0 aliphatic heterocycles. The van der Waals surface area contributed by atoms with Crippen molar-refractivity contribution in [3.05, 3.63) is 29.8 Å². The van der Waals surface area contributed by atoms with E-state index in [1.165, 1.54) is 24.3 Å². The van der Waals surface area contributed by atoms with E-state index in [-0.39, 0.29) is 17.2 Å². The molecule has 0 spiro atoms. The van der Waals surface area contributed by atoms with E-state index in [2.05, 4.69) is 5.32 Å². The third-order valence-electron chi connectivity index (χ3n) is 2.71. The largest absolute Gasteiger partial charge is 0.440 e. The number of hydrogen-bond acceptors (Lipinski definition) is 5. The molecular weight excluding hydrogens is 298 g/mol. The Labute approximate surface area is 122 Å². The van der Waals surface area contributed by atoms with E-state index in [9.17, 15) is 18.0 Å². The summed E-state index contributed by atoms with van der Waals surface area (Å²) >= 11 is 0. The van der Waals surface area contributed by atoms with E-state index < -0.39 is 28.1 Å². The predicted octanol–water partition coefficient (Wildman–Crippen LogP) is 0.285. The Kier molecular flexibility index (Phi) is 5.53. The Morgan fingerprint density at radius 1 is 1.24 bits per heavy atom. The summed E-state index contributed by atoms with van der Waals surface area (Å²) in [7, 11) is -3.31. The fourth-order valence-electron chi connectivity index (χ4n) is 1.62. The number of ether oxygens (including phenoxy) is 1. The van der Waals surface area contributed by atoms with Gasteiger partial charge in [0.15, 0.2) is 9.84 Å². The van der Waals surface area contributed by atoms with Gasteiger partial charge >= 0.3 is 12.1 Å². The molecule has 0 unspecified atom stereocenters. The van der Waals surface area contributed by atoms with Crippen LogP contribution in [0.5, 0.6) is 0 Å². The molecule has 1 aromatic rings. The lowest BCUT2D eigenvalue weighted by molar-refractivity contribution is 0.107. The Morgan fingerprint density at radius 2 is 1.81 bits per heavy atom. The fraction of sp³-hybridized carbons (Fsp3) is 0.333. The van der Waals surface area contributed by atoms with E-state index >= 15 is 0 Å². The van der Waals surface area contributed by atoms with E-state index in [4.69, 9.17) is 16.2 Å². The summed E-state index contributed by atoms with van der Waals surface area (Å²) < 4.78 is 28.2. The second kappa shape index (κ2) is 6.93. The SMILES string of the molecule is CCS(=O)(=O)c1ccc([C@H](CNC(N)=O)OC(N)=O)cc1. The van der Waals surface area contributed by atoms with Crippen LogP contribution >= 0.6 is 0 Å². The molecule has 0 aliphatic rings. The van der Waals surface area contributed by atoms with Crippen LogP contribution in [0.1, 0.15) is 18.6 Å². The number of urea groups is 1. The van der Waals surface area contributed by atoms with Gasteiger partial charge in [-0.2, -0.15) is 0 Å². The zero-order valence-electron chi connectivity index (χ0n) is 11.4. The van der Waals surface area contributed by atoms with Gasteiger partial charge in [-0.05, 0) is 17.7 Å². The number of sulfone groups is 1. The maximum absolute atomic E-state index is 11.7. The van der Waals surface area contributed by atoms with Crippen molar-refractivity contribution in [2.45, 2.75) is 17.9 Å². The van der Waals surface area contributed by atoms with E-state index in [1.54, 1.807) is 6.92 Å². The smallest absolute Gasteiger partial charge is 0.405 e. The molecule has 0 saturated carbocycles. The van der Waals surface area contributed by atoms with Crippen molar-refractivity contribution in [3.63, 3.8) is 0 Å². The van der Waals surface area contributed by atoms with Crippen LogP contribution in [0.15, 0.2) is 29.2 Å². The van der Waals surface area contributed by atoms with Crippen LogP contribution in [0.3, 0.4) is 0 Å². The summed E-state index contributed by atoms with van der Waals surface area (Å²) in [6.07, 6.45) is -1.87. The van der Waals surface area contributed by atoms with Crippen molar-refractivity contribution >= 4 is 22.0 Å². The molecule has 0 fully saturated rings. The summed E-state index contributed by atoms with van der Waals surface area (Å²) in [4.78, 5) is 21.7. The average molecular weight is 315 g/mol. The van der Waals surface area contributed by atoms with Gasteiger partial charge in [0, 0.05) is 0 Å². The molecular formula is C12H17N3O5S. The molecule has 0 saturated heterocycles. The van der Waals surface area contributed by atoms with Crippen molar-refractivity contribution in [2.24, 2.45) is 11.5 Å². The van der Waals surface area contributed by atoms with E-state index in [0.29, 0.717) is 5.56 Å². The first-order valence-electron chi connectivity index (χ1n) is 6.08. The van der Waals surface area contributed by atoms with Crippen LogP contribution in [-0.4, -0.2) is 32.8 Å². The predicted molar refractivity (Wildman–Crippen MR) is 75.2 cm³/mol. The molecule has 1 rings (SSSR count). The van der Waals surface area contributed by atoms with Gasteiger partial charge < -0.3 is 21.5 Å². The third kappa shape index (κ3) is 4.95. The summed E-state index contributed by atoms with van der Waals surface area (Å²) in [5.41, 5.74) is 10.4. The number of hydrogen-bond donors (Lipinski definition) is 3. The number of benzene rings is 1. The Bertz CT molecular complexity index is 612. The molecule has 9 heteroatoms. The minimum Gasteiger partial charge on any atom is -0.440 e. The third-order valence-corrected chi connectivity index (χ3v) is 4.46. The lowest BCUT2D eigenvalue weighted by Gasteiger charge is -2.17. The molecule has 0 radical (unpaired) electrons. The van der Waals surface area contributed by atoms with Gasteiger partial charge in [0.25, 0.3) is 0 Å². The summed E-state index contributed by atoms with van der Waals surface area (Å²) in [5.74, 6) is -0.0171. The van der Waals surface area contributed by atoms with Gasteiger partial charge in [-0.15, -0.1) is 0 Å². The first kappa shape index (κ1) is 16.8. The first-order chi connectivity index (χ1) is 9.76. The van der Waals surface area contributed by atoms with E-state index in [1.807, 2.05) is 0 Å². The van der Waals surface area contributed by atoms with Crippen LogP contribution in [-0.2, 0) is 14.6 Å². The number of rotatable bonds is 6. The van der Waals surface area contributed by atoms with Gasteiger partial charge in [-0.25, -0.2) is 18.0 Å². The summed E-state index contributed by atoms with van der Waals surface area (Å²) in [6.45, 7) is 1.47. The molecule has 116 valence electrons. The maximum atomic E-state index is 11.7. The standard InChI is InChI=1S/C12H17N3O5S/c1-2-21(18,19)9-5-3-8(4-6-9)10(20-12(14)17)7-15-11(13)16/h3-6,10H,2,7H2,1H3,(H2,14,17)(H3,13,15,16)/t10-/m0/s1. The number of carbonyl (C=O) groups is 2. The minimum absolute atomic E-state index is 0.0171. The number of primary amides is 2. The monoisotopic (exact) mass is 315 g/mol. The molecule has 3 amide bonds. The molecule has 0 bridgehead atoms. The molecule has 1 atom stereocenters. The minimum atomic E-state index is -3.31. The Hall–Kier alpha value is -2.29. The highest BCUT2D eigenvalue weighted by atomic mass is 32.2. The van der Waals surface area contributed by atoms with Crippen LogP contribution in [0.2, 0.25) is 0 Å². The highest BCUT2D eigenvalue weighted by molar-refractivity contribution is 7.91. The fourth-order valence-corrected chi connectivity index (χ4v) is 2.50. The lowest BCUT2D eigenvalue weighted by atomic mass is 10.1. The van der Waals surface area contributed by atoms with E-state index in [0.717, 1.165) is 0 Å². The molecule has 0 heterocycles. The lowest BCUT2D eigenvalue weighted by Crippen LogP contribution is -2.35. The molecule has 8 nitrogen and oxygen atoms in total. The van der Waals surface area contributed by atoms with Gasteiger partial charge in [0.05, 0.1) is 17.2 Å². The second-order valence-electron chi connectivity index (χ2n) is 4.14. The van der Waals surface area contributed by atoms with Crippen molar-refractivity contribution in [1.82, 2.24) is 5.32 Å². The van der Waals surface area contributed by atoms with Gasteiger partial charge in [0.2, 0.25) is 0 Å². The van der Waals surface area contributed by atoms with Gasteiger partial charge in [-0.1, -0.05) is 19.1 Å². The Morgan fingerprint density at radius 3 is 2.24 bits per heavy atom. The van der Waals surface area contributed by atoms with Crippen LogP contribution in [0.25, 0.3) is 0 Å². The zero-order chi connectivity index (χ0) is 16.0. The molecule has 1 aromatic carbocycles. The van der Waals surface area contributed by atoms with Crippen LogP contribution in [0, 0.1) is 0 Å². The number of amides is 3. The first-order valence-corrected chi connectivity index (χ1v) is 7.73. The molecule has 0 aromatic heterocycles. The van der Waals surface area contributed by atoms with Crippen molar-refractivity contribution in [3.8, 4) is 0 Å². The highest BCUT2D eigenvalue weighted by Gasteiger charge is 2.18. The molecule has 0 aliphatic carbocycles. The van der Waals surface area contributed by atoms with Crippen LogP contribution < -0.4 is 16.8 Å². The summed E-state index contributed by atoms with van der Waals surface area (Å²) in [6, 6.07) is 4.99. The Balaban J connectivity index is 2.97. The maximum Gasteiger partial charge on any atom is 0.405 e. The number of carbonyl (C=O) groups excluding carboxylic acids is 2.